The van der Waals surface area contributed by atoms with Crippen molar-refractivity contribution in [1.29, 1.82) is 0 Å². The lowest BCUT2D eigenvalue weighted by Crippen LogP contribution is -2.28. The van der Waals surface area contributed by atoms with Gasteiger partial charge in [-0.2, -0.15) is 0 Å². The fourth-order valence-electron chi connectivity index (χ4n) is 4.00. The minimum atomic E-state index is 1.24. The van der Waals surface area contributed by atoms with Gasteiger partial charge in [0.25, 0.3) is 0 Å². The molecule has 0 radical (unpaired) electrons. The second kappa shape index (κ2) is 20.0. The van der Waals surface area contributed by atoms with Crippen LogP contribution >= 0.6 is 11.3 Å². The van der Waals surface area contributed by atoms with Gasteiger partial charge in [0.05, 0.1) is 0 Å². The molecule has 1 aromatic heterocycles. The SMILES string of the molecule is CCCCCCCCCCN(CCCCCCCCCC)CCc1cccs1. The van der Waals surface area contributed by atoms with Crippen molar-refractivity contribution in [2.45, 2.75) is 123 Å². The lowest BCUT2D eigenvalue weighted by Gasteiger charge is -2.22. The van der Waals surface area contributed by atoms with Gasteiger partial charge >= 0.3 is 0 Å². The summed E-state index contributed by atoms with van der Waals surface area (Å²) >= 11 is 1.92. The van der Waals surface area contributed by atoms with E-state index in [2.05, 4.69) is 36.3 Å². The first-order chi connectivity index (χ1) is 13.9. The average molecular weight is 408 g/mol. The van der Waals surface area contributed by atoms with Gasteiger partial charge in [0.1, 0.15) is 0 Å². The van der Waals surface area contributed by atoms with Crippen LogP contribution in [0.5, 0.6) is 0 Å². The Labute approximate surface area is 181 Å². The van der Waals surface area contributed by atoms with Gasteiger partial charge in [0.15, 0.2) is 0 Å². The van der Waals surface area contributed by atoms with Crippen LogP contribution in [-0.2, 0) is 6.42 Å². The zero-order chi connectivity index (χ0) is 20.1. The third-order valence-corrected chi connectivity index (χ3v) is 6.85. The van der Waals surface area contributed by atoms with Gasteiger partial charge in [-0.1, -0.05) is 110 Å². The van der Waals surface area contributed by atoms with Crippen molar-refractivity contribution in [3.8, 4) is 0 Å². The topological polar surface area (TPSA) is 3.24 Å². The Morgan fingerprint density at radius 3 is 1.50 bits per heavy atom. The van der Waals surface area contributed by atoms with Crippen molar-refractivity contribution in [3.05, 3.63) is 22.4 Å². The maximum Gasteiger partial charge on any atom is 0.00579 e. The van der Waals surface area contributed by atoms with Crippen LogP contribution in [0.3, 0.4) is 0 Å². The molecule has 0 bridgehead atoms. The number of thiophene rings is 1. The van der Waals surface area contributed by atoms with Crippen LogP contribution in [0.2, 0.25) is 0 Å². The predicted octanol–water partition coefficient (Wildman–Crippen LogP) is 8.87. The first kappa shape index (κ1) is 25.7. The molecule has 0 aromatic carbocycles. The summed E-state index contributed by atoms with van der Waals surface area (Å²) in [4.78, 5) is 4.31. The second-order valence-electron chi connectivity index (χ2n) is 8.62. The number of nitrogens with zero attached hydrogens (tertiary/aromatic N) is 1. The quantitative estimate of drug-likeness (QED) is 0.184. The van der Waals surface area contributed by atoms with Crippen LogP contribution < -0.4 is 0 Å². The normalized spacial score (nSPS) is 11.5. The molecule has 0 aliphatic carbocycles. The summed E-state index contributed by atoms with van der Waals surface area (Å²) in [6.07, 6.45) is 24.1. The van der Waals surface area contributed by atoms with Crippen LogP contribution in [0.25, 0.3) is 0 Å². The Kier molecular flexibility index (Phi) is 18.3. The summed E-state index contributed by atoms with van der Waals surface area (Å²) in [5, 5.41) is 2.22. The fourth-order valence-corrected chi connectivity index (χ4v) is 4.70. The van der Waals surface area contributed by atoms with E-state index in [4.69, 9.17) is 0 Å². The molecule has 1 heterocycles. The molecule has 2 heteroatoms. The Balaban J connectivity index is 2.11. The molecule has 0 amide bonds. The second-order valence-corrected chi connectivity index (χ2v) is 9.65. The molecular formula is C26H49NS. The molecule has 0 aliphatic heterocycles. The largest absolute Gasteiger partial charge is 0.303 e. The van der Waals surface area contributed by atoms with E-state index in [1.807, 2.05) is 11.3 Å². The van der Waals surface area contributed by atoms with E-state index >= 15 is 0 Å². The van der Waals surface area contributed by atoms with Crippen molar-refractivity contribution in [1.82, 2.24) is 4.90 Å². The van der Waals surface area contributed by atoms with Gasteiger partial charge < -0.3 is 4.90 Å². The van der Waals surface area contributed by atoms with Crippen molar-refractivity contribution in [3.63, 3.8) is 0 Å². The van der Waals surface area contributed by atoms with Crippen LogP contribution in [0.1, 0.15) is 121 Å². The Hall–Kier alpha value is -0.340. The predicted molar refractivity (Wildman–Crippen MR) is 130 cm³/mol. The average Bonchev–Trinajstić information content (AvgIpc) is 3.23. The summed E-state index contributed by atoms with van der Waals surface area (Å²) in [6.45, 7) is 8.50. The molecule has 164 valence electrons. The number of unbranched alkanes of at least 4 members (excludes halogenated alkanes) is 14. The maximum atomic E-state index is 2.76. The Morgan fingerprint density at radius 2 is 1.07 bits per heavy atom. The summed E-state index contributed by atoms with van der Waals surface area (Å²) in [6, 6.07) is 4.50. The molecular weight excluding hydrogens is 358 g/mol. The zero-order valence-electron chi connectivity index (χ0n) is 19.2. The van der Waals surface area contributed by atoms with E-state index < -0.39 is 0 Å². The van der Waals surface area contributed by atoms with Crippen LogP contribution in [0, 0.1) is 0 Å². The van der Waals surface area contributed by atoms with Crippen LogP contribution in [-0.4, -0.2) is 24.5 Å². The molecule has 0 spiro atoms. The molecule has 1 nitrogen and oxygen atoms in total. The Bertz CT molecular complexity index is 381. The lowest BCUT2D eigenvalue weighted by molar-refractivity contribution is 0.263. The summed E-state index contributed by atoms with van der Waals surface area (Å²) in [7, 11) is 0. The standard InChI is InChI=1S/C26H49NS/c1-3-5-7-9-11-13-15-17-22-27(24-21-26-20-19-25-28-26)23-18-16-14-12-10-8-6-4-2/h19-20,25H,3-18,21-24H2,1-2H3. The van der Waals surface area contributed by atoms with Crippen LogP contribution in [0.4, 0.5) is 0 Å². The molecule has 0 fully saturated rings. The van der Waals surface area contributed by atoms with Gasteiger partial charge in [-0.25, -0.2) is 0 Å². The molecule has 0 saturated carbocycles. The van der Waals surface area contributed by atoms with Crippen molar-refractivity contribution in [2.75, 3.05) is 19.6 Å². The fraction of sp³-hybridized carbons (Fsp3) is 0.846. The maximum absolute atomic E-state index is 2.76. The molecule has 0 aliphatic rings. The summed E-state index contributed by atoms with van der Waals surface area (Å²) < 4.78 is 0. The lowest BCUT2D eigenvalue weighted by atomic mass is 10.1. The molecule has 0 N–H and O–H groups in total. The van der Waals surface area contributed by atoms with E-state index in [1.54, 1.807) is 4.88 Å². The molecule has 0 atom stereocenters. The first-order valence-corrected chi connectivity index (χ1v) is 13.5. The van der Waals surface area contributed by atoms with E-state index in [0.717, 1.165) is 0 Å². The first-order valence-electron chi connectivity index (χ1n) is 12.6. The molecule has 28 heavy (non-hydrogen) atoms. The highest BCUT2D eigenvalue weighted by atomic mass is 32.1. The number of hydrogen-bond donors (Lipinski definition) is 0. The van der Waals surface area contributed by atoms with Crippen molar-refractivity contribution >= 4 is 11.3 Å². The highest BCUT2D eigenvalue weighted by Crippen LogP contribution is 2.13. The molecule has 1 rings (SSSR count). The molecule has 1 aromatic rings. The molecule has 0 saturated heterocycles. The highest BCUT2D eigenvalue weighted by Gasteiger charge is 2.06. The van der Waals surface area contributed by atoms with Gasteiger partial charge in [-0.05, 0) is 43.8 Å². The summed E-state index contributed by atoms with van der Waals surface area (Å²) in [5.74, 6) is 0. The van der Waals surface area contributed by atoms with Gasteiger partial charge in [-0.15, -0.1) is 11.3 Å². The Morgan fingerprint density at radius 1 is 0.607 bits per heavy atom. The van der Waals surface area contributed by atoms with E-state index in [1.165, 1.54) is 129 Å². The summed E-state index contributed by atoms with van der Waals surface area (Å²) in [5.41, 5.74) is 0. The van der Waals surface area contributed by atoms with Gasteiger partial charge in [-0.3, -0.25) is 0 Å². The van der Waals surface area contributed by atoms with Gasteiger partial charge in [0, 0.05) is 11.4 Å². The third-order valence-electron chi connectivity index (χ3n) is 5.91. The monoisotopic (exact) mass is 407 g/mol. The minimum absolute atomic E-state index is 1.24. The van der Waals surface area contributed by atoms with Crippen molar-refractivity contribution < 1.29 is 0 Å². The van der Waals surface area contributed by atoms with Crippen molar-refractivity contribution in [2.24, 2.45) is 0 Å². The van der Waals surface area contributed by atoms with E-state index in [9.17, 15) is 0 Å². The zero-order valence-corrected chi connectivity index (χ0v) is 20.0. The minimum Gasteiger partial charge on any atom is -0.303 e. The van der Waals surface area contributed by atoms with Crippen LogP contribution in [0.15, 0.2) is 17.5 Å². The van der Waals surface area contributed by atoms with E-state index in [-0.39, 0.29) is 0 Å². The highest BCUT2D eigenvalue weighted by molar-refractivity contribution is 7.09. The number of rotatable bonds is 21. The third kappa shape index (κ3) is 15.6. The smallest absolute Gasteiger partial charge is 0.00579 e. The molecule has 0 unspecified atom stereocenters. The number of hydrogen-bond acceptors (Lipinski definition) is 2. The van der Waals surface area contributed by atoms with E-state index in [0.29, 0.717) is 0 Å². The van der Waals surface area contributed by atoms with Gasteiger partial charge in [0.2, 0.25) is 0 Å².